The van der Waals surface area contributed by atoms with E-state index in [1.54, 1.807) is 27.7 Å². The molecule has 0 saturated carbocycles. The van der Waals surface area contributed by atoms with E-state index in [-0.39, 0.29) is 0 Å². The Kier molecular flexibility index (Phi) is 2.90. The van der Waals surface area contributed by atoms with Crippen molar-refractivity contribution in [3.63, 3.8) is 0 Å². The van der Waals surface area contributed by atoms with Crippen LogP contribution in [0.5, 0.6) is 0 Å². The topological polar surface area (TPSA) is 91.4 Å². The first-order valence-corrected chi connectivity index (χ1v) is 5.13. The van der Waals surface area contributed by atoms with Crippen LogP contribution in [0.15, 0.2) is 0 Å². The van der Waals surface area contributed by atoms with Crippen molar-refractivity contribution in [1.82, 2.24) is 29.9 Å². The molecule has 0 aliphatic carbocycles. The Balaban J connectivity index is 2.31. The van der Waals surface area contributed by atoms with Crippen molar-refractivity contribution in [3.05, 3.63) is 28.6 Å². The van der Waals surface area contributed by atoms with Gasteiger partial charge in [-0.2, -0.15) is 0 Å². The van der Waals surface area contributed by atoms with Crippen LogP contribution in [-0.2, 0) is 0 Å². The Morgan fingerprint density at radius 3 is 1.12 bits per heavy atom. The van der Waals surface area contributed by atoms with Gasteiger partial charge in [0, 0.05) is 0 Å². The molecule has 0 aromatic carbocycles. The summed E-state index contributed by atoms with van der Waals surface area (Å²) in [7, 11) is 0. The maximum atomic E-state index is 4.16. The summed E-state index contributed by atoms with van der Waals surface area (Å²) in [5.41, 5.74) is 0. The van der Waals surface area contributed by atoms with Gasteiger partial charge in [-0.25, -0.2) is 9.97 Å². The van der Waals surface area contributed by atoms with Crippen LogP contribution in [0.1, 0.15) is 23.3 Å². The van der Waals surface area contributed by atoms with Crippen LogP contribution >= 0.6 is 0 Å². The Bertz CT molecular complexity index is 462. The zero-order chi connectivity index (χ0) is 12.4. The van der Waals surface area contributed by atoms with E-state index in [9.17, 15) is 0 Å². The molecule has 0 bridgehead atoms. The Morgan fingerprint density at radius 1 is 0.529 bits per heavy atom. The number of hydrogen-bond donors (Lipinski definition) is 0. The van der Waals surface area contributed by atoms with Crippen LogP contribution in [0.2, 0.25) is 0 Å². The van der Waals surface area contributed by atoms with Gasteiger partial charge >= 0.3 is 0 Å². The zero-order valence-corrected chi connectivity index (χ0v) is 10.1. The molecule has 2 rings (SSSR count). The van der Waals surface area contributed by atoms with Gasteiger partial charge < -0.3 is 0 Å². The smallest absolute Gasteiger partial charge is 0.121 e. The first kappa shape index (κ1) is 11.3. The van der Waals surface area contributed by atoms with E-state index in [1.807, 2.05) is 0 Å². The molecule has 2 aromatic heterocycles. The quantitative estimate of drug-likeness (QED) is 0.778. The second kappa shape index (κ2) is 4.36. The fourth-order valence-electron chi connectivity index (χ4n) is 1.39. The molecule has 7 nitrogen and oxygen atoms in total. The van der Waals surface area contributed by atoms with Crippen molar-refractivity contribution >= 4 is 11.9 Å². The van der Waals surface area contributed by atoms with E-state index in [0.717, 1.165) is 0 Å². The molecule has 7 heteroatoms. The van der Waals surface area contributed by atoms with Crippen LogP contribution in [0, 0.1) is 27.7 Å². The van der Waals surface area contributed by atoms with Crippen LogP contribution in [0.3, 0.4) is 0 Å². The third-order valence-electron chi connectivity index (χ3n) is 1.89. The van der Waals surface area contributed by atoms with Gasteiger partial charge in [0.1, 0.15) is 11.9 Å². The average Bonchev–Trinajstić information content (AvgIpc) is 2.13. The van der Waals surface area contributed by atoms with E-state index >= 15 is 0 Å². The largest absolute Gasteiger partial charge is 0.285 e. The minimum atomic E-state index is 0.319. The number of hydrogen-bond acceptors (Lipinski definition) is 6. The number of aryl methyl sites for hydroxylation is 4. The van der Waals surface area contributed by atoms with Gasteiger partial charge in [0.05, 0.1) is 23.3 Å². The summed E-state index contributed by atoms with van der Waals surface area (Å²) in [5, 5.41) is 4.16. The molecule has 0 atom stereocenters. The molecule has 0 aliphatic rings. The first-order valence-electron chi connectivity index (χ1n) is 5.13. The first-order chi connectivity index (χ1) is 8.02. The van der Waals surface area contributed by atoms with Gasteiger partial charge in [-0.1, -0.05) is 0 Å². The van der Waals surface area contributed by atoms with Gasteiger partial charge in [-0.15, -0.1) is 0 Å². The molecular weight excluding hydrogens is 218 g/mol. The lowest BCUT2D eigenvalue weighted by molar-refractivity contribution is 0.913. The van der Waals surface area contributed by atoms with E-state index in [0.29, 0.717) is 35.2 Å². The molecule has 0 saturated heterocycles. The summed E-state index contributed by atoms with van der Waals surface area (Å²) < 4.78 is 0. The monoisotopic (exact) mass is 230 g/mol. The predicted octanol–water partition coefficient (Wildman–Crippen LogP) is 1.63. The normalized spacial score (nSPS) is 10.4. The minimum Gasteiger partial charge on any atom is -0.285 e. The van der Waals surface area contributed by atoms with Crippen LogP contribution in [-0.4, -0.2) is 29.9 Å². The minimum absolute atomic E-state index is 0.319. The Morgan fingerprint density at radius 2 is 0.824 bits per heavy atom. The third kappa shape index (κ3) is 2.90. The fourth-order valence-corrected chi connectivity index (χ4v) is 1.39. The summed E-state index contributed by atoms with van der Waals surface area (Å²) in [5.74, 6) is 3.13. The Labute approximate surface area is 98.8 Å². The van der Waals surface area contributed by atoms with E-state index in [4.69, 9.17) is 0 Å². The van der Waals surface area contributed by atoms with Crippen molar-refractivity contribution in [2.45, 2.75) is 27.7 Å². The van der Waals surface area contributed by atoms with Crippen LogP contribution in [0.4, 0.5) is 11.9 Å². The van der Waals surface area contributed by atoms with Crippen molar-refractivity contribution < 1.29 is 0 Å². The van der Waals surface area contributed by atoms with Crippen LogP contribution in [0.25, 0.3) is 5.32 Å². The van der Waals surface area contributed by atoms with Gasteiger partial charge in [0.2, 0.25) is 0 Å². The van der Waals surface area contributed by atoms with Crippen molar-refractivity contribution in [3.8, 4) is 0 Å². The average molecular weight is 230 g/mol. The lowest BCUT2D eigenvalue weighted by Gasteiger charge is -2.11. The third-order valence-corrected chi connectivity index (χ3v) is 1.89. The molecule has 0 amide bonds. The standard InChI is InChI=1S/C10H12N7/c1-5-11-6(2)14-9(13-5)17-10-15-7(3)12-8(4)16-10/h1-4H3/q-1. The fraction of sp³-hybridized carbons (Fsp3) is 0.400. The summed E-state index contributed by atoms with van der Waals surface area (Å²) in [4.78, 5) is 24.5. The molecule has 88 valence electrons. The van der Waals surface area contributed by atoms with Gasteiger partial charge in [0.15, 0.2) is 0 Å². The zero-order valence-electron chi connectivity index (χ0n) is 10.1. The molecule has 17 heavy (non-hydrogen) atoms. The highest BCUT2D eigenvalue weighted by molar-refractivity contribution is 5.50. The molecule has 0 spiro atoms. The molecule has 0 N–H and O–H groups in total. The van der Waals surface area contributed by atoms with E-state index < -0.39 is 0 Å². The van der Waals surface area contributed by atoms with Crippen molar-refractivity contribution in [1.29, 1.82) is 0 Å². The van der Waals surface area contributed by atoms with Crippen molar-refractivity contribution in [2.24, 2.45) is 0 Å². The molecule has 0 fully saturated rings. The highest BCUT2D eigenvalue weighted by Gasteiger charge is 1.98. The summed E-state index contributed by atoms with van der Waals surface area (Å²) >= 11 is 0. The Hall–Kier alpha value is -2.18. The summed E-state index contributed by atoms with van der Waals surface area (Å²) in [6.45, 7) is 7.16. The molecule has 0 aliphatic heterocycles. The molecule has 0 radical (unpaired) electrons. The highest BCUT2D eigenvalue weighted by atomic mass is 15.2. The maximum Gasteiger partial charge on any atom is 0.121 e. The van der Waals surface area contributed by atoms with Gasteiger partial charge in [0.25, 0.3) is 0 Å². The highest BCUT2D eigenvalue weighted by Crippen LogP contribution is 2.21. The molecule has 0 unspecified atom stereocenters. The van der Waals surface area contributed by atoms with Gasteiger partial charge in [-0.05, 0) is 27.7 Å². The molecular formula is C10H12N7-. The lowest BCUT2D eigenvalue weighted by Crippen LogP contribution is -1.98. The number of aromatic nitrogens is 6. The summed E-state index contributed by atoms with van der Waals surface area (Å²) in [6, 6.07) is 0. The molecule has 2 heterocycles. The SMILES string of the molecule is Cc1nc(C)nc([N-]c2nc(C)nc(C)n2)n1. The van der Waals surface area contributed by atoms with Gasteiger partial charge in [-0.3, -0.25) is 25.3 Å². The molecule has 2 aromatic rings. The number of nitrogens with zero attached hydrogens (tertiary/aromatic N) is 7. The van der Waals surface area contributed by atoms with E-state index in [2.05, 4.69) is 35.2 Å². The van der Waals surface area contributed by atoms with E-state index in [1.165, 1.54) is 0 Å². The maximum absolute atomic E-state index is 4.16. The summed E-state index contributed by atoms with van der Waals surface area (Å²) in [6.07, 6.45) is 0. The lowest BCUT2D eigenvalue weighted by atomic mass is 10.6. The second-order valence-electron chi connectivity index (χ2n) is 3.57. The number of rotatable bonds is 2. The predicted molar refractivity (Wildman–Crippen MR) is 61.3 cm³/mol. The van der Waals surface area contributed by atoms with Crippen molar-refractivity contribution in [2.75, 3.05) is 0 Å². The van der Waals surface area contributed by atoms with Crippen LogP contribution < -0.4 is 0 Å². The second-order valence-corrected chi connectivity index (χ2v) is 3.57.